The third kappa shape index (κ3) is 1.66. The molecule has 0 bridgehead atoms. The highest BCUT2D eigenvalue weighted by Crippen LogP contribution is 2.20. The Hall–Kier alpha value is -1.95. The third-order valence-corrected chi connectivity index (χ3v) is 2.66. The lowest BCUT2D eigenvalue weighted by atomic mass is 10.3. The van der Waals surface area contributed by atoms with Crippen molar-refractivity contribution in [3.8, 4) is 16.5 Å². The first-order chi connectivity index (χ1) is 7.22. The molecule has 0 aliphatic rings. The standard InChI is InChI=1S/C9H6N2O3S/c12-4-5-7(13)9(14)11-8(10-5)6-2-1-3-15-6/h1-4,13H,(H,10,11,14). The second-order valence-electron chi connectivity index (χ2n) is 2.74. The van der Waals surface area contributed by atoms with Gasteiger partial charge in [0.05, 0.1) is 4.88 Å². The summed E-state index contributed by atoms with van der Waals surface area (Å²) in [6.45, 7) is 0. The van der Waals surface area contributed by atoms with Crippen LogP contribution in [0.15, 0.2) is 22.3 Å². The van der Waals surface area contributed by atoms with E-state index in [-0.39, 0.29) is 11.5 Å². The van der Waals surface area contributed by atoms with E-state index in [2.05, 4.69) is 9.97 Å². The van der Waals surface area contributed by atoms with Gasteiger partial charge in [-0.25, -0.2) is 4.98 Å². The highest BCUT2D eigenvalue weighted by Gasteiger charge is 2.10. The number of aromatic amines is 1. The van der Waals surface area contributed by atoms with E-state index in [1.807, 2.05) is 5.38 Å². The number of carbonyl (C=O) groups excluding carboxylic acids is 1. The maximum atomic E-state index is 11.2. The summed E-state index contributed by atoms with van der Waals surface area (Å²) in [5, 5.41) is 11.0. The molecule has 0 saturated carbocycles. The Balaban J connectivity index is 2.66. The Labute approximate surface area is 88.1 Å². The zero-order valence-electron chi connectivity index (χ0n) is 7.43. The van der Waals surface area contributed by atoms with Crippen LogP contribution in [0.1, 0.15) is 10.5 Å². The van der Waals surface area contributed by atoms with Gasteiger partial charge < -0.3 is 10.1 Å². The van der Waals surface area contributed by atoms with Gasteiger partial charge in [0.2, 0.25) is 5.75 Å². The van der Waals surface area contributed by atoms with Crippen LogP contribution in [0.5, 0.6) is 5.75 Å². The van der Waals surface area contributed by atoms with Crippen LogP contribution in [0, 0.1) is 0 Å². The lowest BCUT2D eigenvalue weighted by Crippen LogP contribution is -2.11. The SMILES string of the molecule is O=Cc1nc(-c2cccs2)[nH]c(=O)c1O. The Bertz CT molecular complexity index is 545. The quantitative estimate of drug-likeness (QED) is 0.743. The molecule has 76 valence electrons. The molecule has 2 aromatic rings. The fourth-order valence-corrected chi connectivity index (χ4v) is 1.77. The summed E-state index contributed by atoms with van der Waals surface area (Å²) in [5.74, 6) is -0.361. The average molecular weight is 222 g/mol. The summed E-state index contributed by atoms with van der Waals surface area (Å²) in [5.41, 5.74) is -0.961. The lowest BCUT2D eigenvalue weighted by molar-refractivity contribution is 0.111. The number of aldehydes is 1. The molecule has 0 unspecified atom stereocenters. The van der Waals surface area contributed by atoms with Gasteiger partial charge in [0, 0.05) is 0 Å². The molecule has 0 aliphatic heterocycles. The van der Waals surface area contributed by atoms with Crippen LogP contribution in [0.25, 0.3) is 10.7 Å². The summed E-state index contributed by atoms with van der Waals surface area (Å²) in [7, 11) is 0. The molecule has 2 aromatic heterocycles. The fraction of sp³-hybridized carbons (Fsp3) is 0. The van der Waals surface area contributed by atoms with Gasteiger partial charge >= 0.3 is 0 Å². The van der Waals surface area contributed by atoms with Crippen LogP contribution >= 0.6 is 11.3 Å². The van der Waals surface area contributed by atoms with Crippen molar-refractivity contribution in [2.75, 3.05) is 0 Å². The Morgan fingerprint density at radius 3 is 2.93 bits per heavy atom. The van der Waals surface area contributed by atoms with Crippen molar-refractivity contribution in [3.63, 3.8) is 0 Å². The van der Waals surface area contributed by atoms with Gasteiger partial charge in [0.15, 0.2) is 17.8 Å². The number of nitrogens with zero attached hydrogens (tertiary/aromatic N) is 1. The summed E-state index contributed by atoms with van der Waals surface area (Å²) < 4.78 is 0. The van der Waals surface area contributed by atoms with Crippen molar-refractivity contribution >= 4 is 17.6 Å². The van der Waals surface area contributed by atoms with Gasteiger partial charge in [-0.3, -0.25) is 9.59 Å². The molecular formula is C9H6N2O3S. The smallest absolute Gasteiger partial charge is 0.294 e. The van der Waals surface area contributed by atoms with Crippen molar-refractivity contribution in [2.45, 2.75) is 0 Å². The number of thiophene rings is 1. The predicted octanol–water partition coefficient (Wildman–Crippen LogP) is 1.02. The number of rotatable bonds is 2. The predicted molar refractivity (Wildman–Crippen MR) is 55.2 cm³/mol. The first kappa shape index (κ1) is 9.60. The second-order valence-corrected chi connectivity index (χ2v) is 3.69. The van der Waals surface area contributed by atoms with Gasteiger partial charge in [-0.2, -0.15) is 0 Å². The normalized spacial score (nSPS) is 10.1. The van der Waals surface area contributed by atoms with Crippen molar-refractivity contribution in [1.29, 1.82) is 0 Å². The first-order valence-electron chi connectivity index (χ1n) is 4.04. The van der Waals surface area contributed by atoms with Gasteiger partial charge in [-0.05, 0) is 11.4 Å². The Morgan fingerprint density at radius 1 is 1.53 bits per heavy atom. The molecule has 0 amide bonds. The number of nitrogens with one attached hydrogen (secondary N) is 1. The molecule has 0 aromatic carbocycles. The fourth-order valence-electron chi connectivity index (χ4n) is 1.10. The third-order valence-electron chi connectivity index (χ3n) is 1.79. The van der Waals surface area contributed by atoms with Crippen molar-refractivity contribution < 1.29 is 9.90 Å². The Morgan fingerprint density at radius 2 is 2.33 bits per heavy atom. The minimum Gasteiger partial charge on any atom is -0.501 e. The molecular weight excluding hydrogens is 216 g/mol. The highest BCUT2D eigenvalue weighted by molar-refractivity contribution is 7.13. The van der Waals surface area contributed by atoms with E-state index in [4.69, 9.17) is 0 Å². The van der Waals surface area contributed by atoms with Crippen LogP contribution in [-0.2, 0) is 0 Å². The molecule has 2 N–H and O–H groups in total. The lowest BCUT2D eigenvalue weighted by Gasteiger charge is -1.99. The van der Waals surface area contributed by atoms with Gasteiger partial charge in [-0.15, -0.1) is 11.3 Å². The van der Waals surface area contributed by atoms with Gasteiger partial charge in [0.25, 0.3) is 5.56 Å². The van der Waals surface area contributed by atoms with E-state index >= 15 is 0 Å². The number of aromatic hydroxyl groups is 1. The van der Waals surface area contributed by atoms with Crippen LogP contribution in [0.2, 0.25) is 0 Å². The minimum atomic E-state index is -0.712. The van der Waals surface area contributed by atoms with E-state index in [0.717, 1.165) is 4.88 Å². The summed E-state index contributed by atoms with van der Waals surface area (Å²) in [6.07, 6.45) is 0.349. The molecule has 0 radical (unpaired) electrons. The van der Waals surface area contributed by atoms with Crippen molar-refractivity contribution in [3.05, 3.63) is 33.6 Å². The van der Waals surface area contributed by atoms with E-state index < -0.39 is 11.3 Å². The summed E-state index contributed by atoms with van der Waals surface area (Å²) in [4.78, 5) is 28.7. The molecule has 0 atom stereocenters. The molecule has 6 heteroatoms. The number of hydrogen-bond acceptors (Lipinski definition) is 5. The van der Waals surface area contributed by atoms with Crippen molar-refractivity contribution in [1.82, 2.24) is 9.97 Å². The van der Waals surface area contributed by atoms with Gasteiger partial charge in [-0.1, -0.05) is 6.07 Å². The molecule has 2 heterocycles. The number of carbonyl (C=O) groups is 1. The zero-order valence-corrected chi connectivity index (χ0v) is 8.25. The molecule has 5 nitrogen and oxygen atoms in total. The molecule has 15 heavy (non-hydrogen) atoms. The first-order valence-corrected chi connectivity index (χ1v) is 4.92. The Kier molecular flexibility index (Phi) is 2.34. The highest BCUT2D eigenvalue weighted by atomic mass is 32.1. The molecule has 0 fully saturated rings. The van der Waals surface area contributed by atoms with E-state index in [1.165, 1.54) is 11.3 Å². The van der Waals surface area contributed by atoms with Crippen LogP contribution in [-0.4, -0.2) is 21.4 Å². The number of hydrogen-bond donors (Lipinski definition) is 2. The van der Waals surface area contributed by atoms with Crippen LogP contribution in [0.4, 0.5) is 0 Å². The monoisotopic (exact) mass is 222 g/mol. The molecule has 0 saturated heterocycles. The van der Waals surface area contributed by atoms with E-state index in [9.17, 15) is 14.7 Å². The molecule has 0 aliphatic carbocycles. The number of aromatic nitrogens is 2. The molecule has 2 rings (SSSR count). The molecule has 0 spiro atoms. The van der Waals surface area contributed by atoms with E-state index in [0.29, 0.717) is 6.29 Å². The summed E-state index contributed by atoms with van der Waals surface area (Å²) in [6, 6.07) is 3.56. The largest absolute Gasteiger partial charge is 0.501 e. The maximum absolute atomic E-state index is 11.2. The van der Waals surface area contributed by atoms with Crippen LogP contribution in [0.3, 0.4) is 0 Å². The summed E-state index contributed by atoms with van der Waals surface area (Å²) >= 11 is 1.38. The van der Waals surface area contributed by atoms with Crippen molar-refractivity contribution in [2.24, 2.45) is 0 Å². The zero-order chi connectivity index (χ0) is 10.8. The van der Waals surface area contributed by atoms with E-state index in [1.54, 1.807) is 12.1 Å². The van der Waals surface area contributed by atoms with Gasteiger partial charge in [0.1, 0.15) is 0 Å². The minimum absolute atomic E-state index is 0.248. The number of H-pyrrole nitrogens is 1. The van der Waals surface area contributed by atoms with Crippen LogP contribution < -0.4 is 5.56 Å². The average Bonchev–Trinajstić information content (AvgIpc) is 2.75. The second kappa shape index (κ2) is 3.66. The maximum Gasteiger partial charge on any atom is 0.294 e. The topological polar surface area (TPSA) is 83.0 Å².